The number of nitrogens with one attached hydrogen (secondary N) is 2. The number of hydrogen-bond donors (Lipinski definition) is 2. The number of benzene rings is 3. The van der Waals surface area contributed by atoms with Crippen LogP contribution in [0.1, 0.15) is 16.8 Å². The zero-order chi connectivity index (χ0) is 21.6. The SMILES string of the molecule is CS(=O)(=O)Nc1ccc(C(=O)CCNc2ccc(Oc3ccc(Cl)cc3)cc2)cc1. The molecule has 0 radical (unpaired) electrons. The Balaban J connectivity index is 1.47. The molecule has 2 N–H and O–H groups in total. The lowest BCUT2D eigenvalue weighted by Crippen LogP contribution is -2.11. The van der Waals surface area contributed by atoms with Gasteiger partial charge in [-0.2, -0.15) is 0 Å². The summed E-state index contributed by atoms with van der Waals surface area (Å²) in [5.41, 5.74) is 1.83. The van der Waals surface area contributed by atoms with E-state index in [4.69, 9.17) is 16.3 Å². The van der Waals surface area contributed by atoms with E-state index in [0.717, 1.165) is 11.9 Å². The third-order valence-electron chi connectivity index (χ3n) is 4.09. The smallest absolute Gasteiger partial charge is 0.229 e. The summed E-state index contributed by atoms with van der Waals surface area (Å²) in [6, 6.07) is 20.9. The summed E-state index contributed by atoms with van der Waals surface area (Å²) in [6.45, 7) is 0.472. The van der Waals surface area contributed by atoms with E-state index >= 15 is 0 Å². The van der Waals surface area contributed by atoms with E-state index in [0.29, 0.717) is 40.7 Å². The number of Topliss-reactive ketones (excluding diaryl/α,β-unsaturated/α-hetero) is 1. The second-order valence-electron chi connectivity index (χ2n) is 6.63. The third-order valence-corrected chi connectivity index (χ3v) is 4.95. The number of ketones is 1. The number of carbonyl (C=O) groups excluding carboxylic acids is 1. The second-order valence-corrected chi connectivity index (χ2v) is 8.82. The fraction of sp³-hybridized carbons (Fsp3) is 0.136. The Morgan fingerprint density at radius 3 is 1.97 bits per heavy atom. The van der Waals surface area contributed by atoms with Gasteiger partial charge in [0.2, 0.25) is 10.0 Å². The lowest BCUT2D eigenvalue weighted by Gasteiger charge is -2.09. The zero-order valence-electron chi connectivity index (χ0n) is 16.3. The van der Waals surface area contributed by atoms with Crippen molar-refractivity contribution in [2.75, 3.05) is 22.8 Å². The normalized spacial score (nSPS) is 11.0. The van der Waals surface area contributed by atoms with E-state index < -0.39 is 10.0 Å². The molecule has 3 rings (SSSR count). The predicted molar refractivity (Wildman–Crippen MR) is 120 cm³/mol. The summed E-state index contributed by atoms with van der Waals surface area (Å²) < 4.78 is 30.6. The van der Waals surface area contributed by atoms with Crippen molar-refractivity contribution < 1.29 is 17.9 Å². The highest BCUT2D eigenvalue weighted by molar-refractivity contribution is 7.92. The van der Waals surface area contributed by atoms with E-state index in [-0.39, 0.29) is 5.78 Å². The van der Waals surface area contributed by atoms with Crippen LogP contribution in [0.5, 0.6) is 11.5 Å². The monoisotopic (exact) mass is 444 g/mol. The molecule has 156 valence electrons. The van der Waals surface area contributed by atoms with E-state index in [1.807, 2.05) is 24.3 Å². The highest BCUT2D eigenvalue weighted by Gasteiger charge is 2.07. The minimum Gasteiger partial charge on any atom is -0.457 e. The Hall–Kier alpha value is -3.03. The van der Waals surface area contributed by atoms with Crippen LogP contribution in [0.25, 0.3) is 0 Å². The third kappa shape index (κ3) is 6.79. The Morgan fingerprint density at radius 2 is 1.40 bits per heavy atom. The topological polar surface area (TPSA) is 84.5 Å². The quantitative estimate of drug-likeness (QED) is 0.444. The van der Waals surface area contributed by atoms with Crippen LogP contribution in [0.15, 0.2) is 72.8 Å². The van der Waals surface area contributed by atoms with Crippen LogP contribution in [0.2, 0.25) is 5.02 Å². The highest BCUT2D eigenvalue weighted by Crippen LogP contribution is 2.24. The minimum atomic E-state index is -3.34. The molecule has 0 saturated heterocycles. The Labute approximate surface area is 180 Å². The van der Waals surface area contributed by atoms with Gasteiger partial charge >= 0.3 is 0 Å². The Morgan fingerprint density at radius 1 is 0.867 bits per heavy atom. The largest absolute Gasteiger partial charge is 0.457 e. The molecule has 8 heteroatoms. The molecule has 0 spiro atoms. The lowest BCUT2D eigenvalue weighted by atomic mass is 10.1. The molecule has 0 atom stereocenters. The van der Waals surface area contributed by atoms with Gasteiger partial charge in [0.25, 0.3) is 0 Å². The van der Waals surface area contributed by atoms with E-state index in [2.05, 4.69) is 10.0 Å². The van der Waals surface area contributed by atoms with Crippen LogP contribution >= 0.6 is 11.6 Å². The van der Waals surface area contributed by atoms with Crippen LogP contribution in [0, 0.1) is 0 Å². The van der Waals surface area contributed by atoms with Crippen molar-refractivity contribution in [3.8, 4) is 11.5 Å². The first kappa shape index (κ1) is 21.7. The van der Waals surface area contributed by atoms with Gasteiger partial charge in [-0.05, 0) is 72.8 Å². The van der Waals surface area contributed by atoms with Gasteiger partial charge in [-0.15, -0.1) is 0 Å². The van der Waals surface area contributed by atoms with Gasteiger partial charge in [0, 0.05) is 34.9 Å². The summed E-state index contributed by atoms with van der Waals surface area (Å²) in [7, 11) is -3.34. The molecule has 0 amide bonds. The van der Waals surface area contributed by atoms with Gasteiger partial charge in [-0.3, -0.25) is 9.52 Å². The molecular weight excluding hydrogens is 424 g/mol. The van der Waals surface area contributed by atoms with Crippen molar-refractivity contribution in [2.24, 2.45) is 0 Å². The number of halogens is 1. The van der Waals surface area contributed by atoms with Crippen LogP contribution in [0.4, 0.5) is 11.4 Å². The molecule has 0 heterocycles. The maximum atomic E-state index is 12.3. The highest BCUT2D eigenvalue weighted by atomic mass is 35.5. The summed E-state index contributed by atoms with van der Waals surface area (Å²) in [5.74, 6) is 1.36. The number of sulfonamides is 1. The maximum Gasteiger partial charge on any atom is 0.229 e. The fourth-order valence-corrected chi connectivity index (χ4v) is 3.37. The van der Waals surface area contributed by atoms with E-state index in [1.165, 1.54) is 0 Å². The average Bonchev–Trinajstić information content (AvgIpc) is 2.70. The van der Waals surface area contributed by atoms with Crippen LogP contribution < -0.4 is 14.8 Å². The fourth-order valence-electron chi connectivity index (χ4n) is 2.68. The van der Waals surface area contributed by atoms with Gasteiger partial charge in [-0.1, -0.05) is 11.6 Å². The summed E-state index contributed by atoms with van der Waals surface area (Å²) >= 11 is 5.86. The van der Waals surface area contributed by atoms with Crippen LogP contribution in [0.3, 0.4) is 0 Å². The number of carbonyl (C=O) groups is 1. The van der Waals surface area contributed by atoms with Gasteiger partial charge in [-0.25, -0.2) is 8.42 Å². The van der Waals surface area contributed by atoms with Gasteiger partial charge in [0.1, 0.15) is 11.5 Å². The molecule has 3 aromatic carbocycles. The molecule has 0 aliphatic heterocycles. The summed E-state index contributed by atoms with van der Waals surface area (Å²) in [4.78, 5) is 12.3. The molecule has 0 aliphatic carbocycles. The standard InChI is InChI=1S/C22H21ClN2O4S/c1-30(27,28)25-19-6-2-16(3-7-19)22(26)14-15-24-18-8-12-21(13-9-18)29-20-10-4-17(23)5-11-20/h2-13,24-25H,14-15H2,1H3. The average molecular weight is 445 g/mol. The summed E-state index contributed by atoms with van der Waals surface area (Å²) in [6.07, 6.45) is 1.38. The van der Waals surface area contributed by atoms with E-state index in [9.17, 15) is 13.2 Å². The molecule has 0 aromatic heterocycles. The molecule has 30 heavy (non-hydrogen) atoms. The molecule has 0 fully saturated rings. The first-order valence-corrected chi connectivity index (χ1v) is 11.4. The summed E-state index contributed by atoms with van der Waals surface area (Å²) in [5, 5.41) is 3.85. The van der Waals surface area contributed by atoms with Crippen molar-refractivity contribution >= 4 is 38.8 Å². The number of hydrogen-bond acceptors (Lipinski definition) is 5. The van der Waals surface area contributed by atoms with Crippen LogP contribution in [-0.4, -0.2) is 27.0 Å². The van der Waals surface area contributed by atoms with Crippen molar-refractivity contribution in [1.29, 1.82) is 0 Å². The molecular formula is C22H21ClN2O4S. The zero-order valence-corrected chi connectivity index (χ0v) is 17.8. The predicted octanol–water partition coefficient (Wildman–Crippen LogP) is 5.19. The number of rotatable bonds is 9. The van der Waals surface area contributed by atoms with Crippen LogP contribution in [-0.2, 0) is 10.0 Å². The molecule has 0 bridgehead atoms. The van der Waals surface area contributed by atoms with Crippen molar-refractivity contribution in [2.45, 2.75) is 6.42 Å². The molecule has 6 nitrogen and oxygen atoms in total. The first-order chi connectivity index (χ1) is 14.3. The maximum absolute atomic E-state index is 12.3. The van der Waals surface area contributed by atoms with Gasteiger partial charge in [0.05, 0.1) is 6.26 Å². The molecule has 0 aliphatic rings. The van der Waals surface area contributed by atoms with E-state index in [1.54, 1.807) is 48.5 Å². The number of anilines is 2. The van der Waals surface area contributed by atoms with Crippen molar-refractivity contribution in [1.82, 2.24) is 0 Å². The Kier molecular flexibility index (Phi) is 6.97. The van der Waals surface area contributed by atoms with Crippen molar-refractivity contribution in [3.63, 3.8) is 0 Å². The number of ether oxygens (including phenoxy) is 1. The van der Waals surface area contributed by atoms with Gasteiger partial charge in [0.15, 0.2) is 5.78 Å². The first-order valence-electron chi connectivity index (χ1n) is 9.17. The lowest BCUT2D eigenvalue weighted by molar-refractivity contribution is 0.0986. The molecule has 0 saturated carbocycles. The second kappa shape index (κ2) is 9.65. The van der Waals surface area contributed by atoms with Crippen molar-refractivity contribution in [3.05, 3.63) is 83.4 Å². The van der Waals surface area contributed by atoms with Gasteiger partial charge < -0.3 is 10.1 Å². The minimum absolute atomic E-state index is 0.0314. The molecule has 3 aromatic rings. The Bertz CT molecular complexity index is 1100. The molecule has 0 unspecified atom stereocenters.